The molecule has 2 nitrogen and oxygen atoms in total. The lowest BCUT2D eigenvalue weighted by molar-refractivity contribution is 0.0183. The lowest BCUT2D eigenvalue weighted by Gasteiger charge is -2.42. The average Bonchev–Trinajstić information content (AvgIpc) is 2.35. The summed E-state index contributed by atoms with van der Waals surface area (Å²) in [5.74, 6) is 0.907. The normalized spacial score (nSPS) is 34.8. The zero-order valence-corrected chi connectivity index (χ0v) is 11.9. The van der Waals surface area contributed by atoms with Crippen LogP contribution in [0, 0.1) is 5.92 Å². The van der Waals surface area contributed by atoms with E-state index >= 15 is 0 Å². The molecule has 1 saturated heterocycles. The van der Waals surface area contributed by atoms with Gasteiger partial charge in [0, 0.05) is 18.1 Å². The Labute approximate surface area is 107 Å². The standard InChI is InChI=1S/C15H30N2/c1-12-8-7-9-13(2)17(12)16-14(3)15-10-5-4-6-11-15/h12-16H,4-11H2,1-3H3. The molecule has 0 amide bonds. The summed E-state index contributed by atoms with van der Waals surface area (Å²) in [4.78, 5) is 0. The smallest absolute Gasteiger partial charge is 0.0218 e. The molecule has 1 saturated carbocycles. The maximum absolute atomic E-state index is 3.82. The summed E-state index contributed by atoms with van der Waals surface area (Å²) < 4.78 is 0. The van der Waals surface area contributed by atoms with Crippen LogP contribution < -0.4 is 5.43 Å². The quantitative estimate of drug-likeness (QED) is 0.806. The second-order valence-corrected chi connectivity index (χ2v) is 6.35. The van der Waals surface area contributed by atoms with Gasteiger partial charge in [-0.3, -0.25) is 5.43 Å². The Kier molecular flexibility index (Phi) is 4.87. The van der Waals surface area contributed by atoms with E-state index in [2.05, 4.69) is 31.2 Å². The number of piperidine rings is 1. The van der Waals surface area contributed by atoms with Crippen LogP contribution in [0.4, 0.5) is 0 Å². The summed E-state index contributed by atoms with van der Waals surface area (Å²) in [6.07, 6.45) is 11.3. The molecule has 0 bridgehead atoms. The van der Waals surface area contributed by atoms with Gasteiger partial charge >= 0.3 is 0 Å². The van der Waals surface area contributed by atoms with Crippen molar-refractivity contribution in [3.8, 4) is 0 Å². The Morgan fingerprint density at radius 1 is 0.882 bits per heavy atom. The third-order valence-corrected chi connectivity index (χ3v) is 4.90. The Hall–Kier alpha value is -0.0800. The molecule has 1 heterocycles. The number of hydrazine groups is 1. The summed E-state index contributed by atoms with van der Waals surface area (Å²) in [7, 11) is 0. The molecule has 0 aromatic heterocycles. The van der Waals surface area contributed by atoms with Gasteiger partial charge in [0.25, 0.3) is 0 Å². The van der Waals surface area contributed by atoms with Gasteiger partial charge in [-0.15, -0.1) is 0 Å². The fraction of sp³-hybridized carbons (Fsp3) is 1.00. The van der Waals surface area contributed by atoms with Crippen molar-refractivity contribution in [2.24, 2.45) is 5.92 Å². The fourth-order valence-electron chi connectivity index (χ4n) is 3.65. The lowest BCUT2D eigenvalue weighted by atomic mass is 9.85. The highest BCUT2D eigenvalue weighted by molar-refractivity contribution is 4.81. The van der Waals surface area contributed by atoms with Crippen LogP contribution in [-0.2, 0) is 0 Å². The first-order chi connectivity index (χ1) is 8.18. The molecule has 17 heavy (non-hydrogen) atoms. The first-order valence-electron chi connectivity index (χ1n) is 7.73. The van der Waals surface area contributed by atoms with Crippen molar-refractivity contribution in [3.63, 3.8) is 0 Å². The molecule has 3 atom stereocenters. The summed E-state index contributed by atoms with van der Waals surface area (Å²) >= 11 is 0. The molecule has 1 aliphatic carbocycles. The van der Waals surface area contributed by atoms with Crippen LogP contribution in [0.1, 0.15) is 72.1 Å². The average molecular weight is 238 g/mol. The Balaban J connectivity index is 1.85. The van der Waals surface area contributed by atoms with Gasteiger partial charge in [-0.2, -0.15) is 0 Å². The van der Waals surface area contributed by atoms with E-state index in [9.17, 15) is 0 Å². The van der Waals surface area contributed by atoms with Crippen molar-refractivity contribution in [2.45, 2.75) is 90.3 Å². The second kappa shape index (κ2) is 6.19. The van der Waals surface area contributed by atoms with E-state index in [0.29, 0.717) is 18.1 Å². The van der Waals surface area contributed by atoms with Crippen LogP contribution in [0.15, 0.2) is 0 Å². The van der Waals surface area contributed by atoms with E-state index in [-0.39, 0.29) is 0 Å². The molecule has 3 unspecified atom stereocenters. The van der Waals surface area contributed by atoms with Crippen LogP contribution in [-0.4, -0.2) is 23.1 Å². The van der Waals surface area contributed by atoms with Crippen molar-refractivity contribution in [3.05, 3.63) is 0 Å². The van der Waals surface area contributed by atoms with Crippen molar-refractivity contribution < 1.29 is 0 Å². The summed E-state index contributed by atoms with van der Waals surface area (Å²) in [6.45, 7) is 7.14. The molecule has 0 spiro atoms. The Morgan fingerprint density at radius 2 is 1.47 bits per heavy atom. The van der Waals surface area contributed by atoms with Crippen LogP contribution in [0.25, 0.3) is 0 Å². The van der Waals surface area contributed by atoms with E-state index in [1.54, 1.807) is 0 Å². The van der Waals surface area contributed by atoms with Crippen molar-refractivity contribution >= 4 is 0 Å². The Bertz CT molecular complexity index is 213. The highest BCUT2D eigenvalue weighted by atomic mass is 15.5. The Morgan fingerprint density at radius 3 is 2.06 bits per heavy atom. The molecule has 100 valence electrons. The molecular formula is C15H30N2. The molecule has 2 rings (SSSR count). The van der Waals surface area contributed by atoms with Crippen molar-refractivity contribution in [1.29, 1.82) is 0 Å². The molecule has 0 aromatic carbocycles. The number of nitrogens with zero attached hydrogens (tertiary/aromatic N) is 1. The highest BCUT2D eigenvalue weighted by Crippen LogP contribution is 2.28. The number of nitrogens with one attached hydrogen (secondary N) is 1. The van der Waals surface area contributed by atoms with Crippen LogP contribution in [0.5, 0.6) is 0 Å². The molecule has 2 aliphatic rings. The summed E-state index contributed by atoms with van der Waals surface area (Å²) in [5, 5.41) is 2.54. The first kappa shape index (κ1) is 13.4. The third kappa shape index (κ3) is 3.45. The molecular weight excluding hydrogens is 208 g/mol. The van der Waals surface area contributed by atoms with Gasteiger partial charge in [-0.25, -0.2) is 5.01 Å². The van der Waals surface area contributed by atoms with Crippen molar-refractivity contribution in [1.82, 2.24) is 10.4 Å². The predicted molar refractivity (Wildman–Crippen MR) is 73.8 cm³/mol. The second-order valence-electron chi connectivity index (χ2n) is 6.35. The highest BCUT2D eigenvalue weighted by Gasteiger charge is 2.28. The first-order valence-corrected chi connectivity index (χ1v) is 7.73. The van der Waals surface area contributed by atoms with E-state index < -0.39 is 0 Å². The van der Waals surface area contributed by atoms with E-state index in [4.69, 9.17) is 0 Å². The predicted octanol–water partition coefficient (Wildman–Crippen LogP) is 3.72. The zero-order chi connectivity index (χ0) is 12.3. The zero-order valence-electron chi connectivity index (χ0n) is 11.9. The molecule has 2 heteroatoms. The van der Waals surface area contributed by atoms with Crippen LogP contribution >= 0.6 is 0 Å². The summed E-state index contributed by atoms with van der Waals surface area (Å²) in [6, 6.07) is 2.09. The van der Waals surface area contributed by atoms with Gasteiger partial charge in [-0.1, -0.05) is 25.7 Å². The SMILES string of the molecule is CC(NN1C(C)CCCC1C)C1CCCCC1. The minimum Gasteiger partial charge on any atom is -0.252 e. The minimum absolute atomic E-state index is 0.665. The van der Waals surface area contributed by atoms with Gasteiger partial charge in [0.15, 0.2) is 0 Å². The maximum atomic E-state index is 3.82. The van der Waals surface area contributed by atoms with Crippen LogP contribution in [0.2, 0.25) is 0 Å². The largest absolute Gasteiger partial charge is 0.252 e. The lowest BCUT2D eigenvalue weighted by Crippen LogP contribution is -2.56. The topological polar surface area (TPSA) is 15.3 Å². The monoisotopic (exact) mass is 238 g/mol. The summed E-state index contributed by atoms with van der Waals surface area (Å²) in [5.41, 5.74) is 3.82. The van der Waals surface area contributed by atoms with Gasteiger partial charge in [0.2, 0.25) is 0 Å². The number of rotatable bonds is 3. The van der Waals surface area contributed by atoms with E-state index in [1.165, 1.54) is 51.4 Å². The van der Waals surface area contributed by atoms with Gasteiger partial charge in [0.05, 0.1) is 0 Å². The molecule has 0 radical (unpaired) electrons. The van der Waals surface area contributed by atoms with E-state index in [0.717, 1.165) is 5.92 Å². The van der Waals surface area contributed by atoms with Crippen molar-refractivity contribution in [2.75, 3.05) is 0 Å². The van der Waals surface area contributed by atoms with E-state index in [1.807, 2.05) is 0 Å². The minimum atomic E-state index is 0.665. The molecule has 2 fully saturated rings. The molecule has 1 aliphatic heterocycles. The van der Waals surface area contributed by atoms with Gasteiger partial charge < -0.3 is 0 Å². The van der Waals surface area contributed by atoms with Gasteiger partial charge in [-0.05, 0) is 52.4 Å². The molecule has 0 aromatic rings. The maximum Gasteiger partial charge on any atom is 0.0218 e. The number of hydrogen-bond donors (Lipinski definition) is 1. The van der Waals surface area contributed by atoms with Gasteiger partial charge in [0.1, 0.15) is 0 Å². The fourth-order valence-corrected chi connectivity index (χ4v) is 3.65. The molecule has 1 N–H and O–H groups in total. The van der Waals surface area contributed by atoms with Crippen LogP contribution in [0.3, 0.4) is 0 Å². The third-order valence-electron chi connectivity index (χ3n) is 4.90. The number of hydrogen-bond acceptors (Lipinski definition) is 2.